The molecule has 0 saturated carbocycles. The molecule has 0 spiro atoms. The van der Waals surface area contributed by atoms with E-state index in [-0.39, 0.29) is 63.4 Å². The number of aliphatic carboxylic acids is 1. The maximum absolute atomic E-state index is 10.7. The molecule has 0 atom stereocenters. The normalized spacial score (nSPS) is 7.76. The summed E-state index contributed by atoms with van der Waals surface area (Å²) < 4.78 is 0. The number of hydrogen-bond acceptors (Lipinski definition) is 3. The maximum Gasteiger partial charge on any atom is 1.00 e. The monoisotopic (exact) mass is 407 g/mol. The van der Waals surface area contributed by atoms with Crippen molar-refractivity contribution >= 4 is 40.5 Å². The van der Waals surface area contributed by atoms with E-state index < -0.39 is 5.97 Å². The molecule has 0 aliphatic heterocycles. The molecule has 138 valence electrons. The minimum atomic E-state index is -1.14. The molecule has 2 aromatic rings. The van der Waals surface area contributed by atoms with E-state index in [1.165, 1.54) is 0 Å². The van der Waals surface area contributed by atoms with Crippen LogP contribution in [0, 0.1) is 0 Å². The minimum absolute atomic E-state index is 0. The average molecular weight is 408 g/mol. The quantitative estimate of drug-likeness (QED) is 0.501. The van der Waals surface area contributed by atoms with Gasteiger partial charge in [-0.1, -0.05) is 47.5 Å². The van der Waals surface area contributed by atoms with Crippen LogP contribution in [0.3, 0.4) is 0 Å². The summed E-state index contributed by atoms with van der Waals surface area (Å²) in [5.74, 6) is -1.14. The summed E-state index contributed by atoms with van der Waals surface area (Å²) in [5.41, 5.74) is 1.80. The Balaban J connectivity index is -0.000000222. The first-order valence-corrected chi connectivity index (χ1v) is 6.32. The van der Waals surface area contributed by atoms with Gasteiger partial charge in [0, 0.05) is 18.1 Å². The molecule has 8 nitrogen and oxygen atoms in total. The van der Waals surface area contributed by atoms with E-state index in [1.807, 2.05) is 0 Å². The molecule has 0 amide bonds. The minimum Gasteiger partial charge on any atom is -0.550 e. The largest absolute Gasteiger partial charge is 1.00 e. The Bertz CT molecular complexity index is 612. The van der Waals surface area contributed by atoms with Crippen LogP contribution in [0.5, 0.6) is 0 Å². The molecule has 11 heteroatoms. The number of rotatable bonds is 4. The second-order valence-corrected chi connectivity index (χ2v) is 4.74. The number of carbonyl (C=O) groups excluding carboxylic acids is 1. The molecule has 11 N–H and O–H groups in total. The van der Waals surface area contributed by atoms with Crippen LogP contribution in [0.15, 0.2) is 42.5 Å². The summed E-state index contributed by atoms with van der Waals surface area (Å²) in [6, 6.07) is 12.2. The topological polar surface area (TPSA) is 210 Å². The smallest absolute Gasteiger partial charge is 0.550 e. The molecule has 2 rings (SSSR count). The predicted molar refractivity (Wildman–Crippen MR) is 93.0 cm³/mol. The first-order valence-electron chi connectivity index (χ1n) is 5.56. The van der Waals surface area contributed by atoms with Gasteiger partial charge >= 0.3 is 29.6 Å². The summed E-state index contributed by atoms with van der Waals surface area (Å²) in [6.45, 7) is 0. The van der Waals surface area contributed by atoms with Gasteiger partial charge in [-0.05, 0) is 23.8 Å². The third-order valence-electron chi connectivity index (χ3n) is 2.57. The van der Waals surface area contributed by atoms with Gasteiger partial charge in [0.25, 0.3) is 0 Å². The Kier molecular flexibility index (Phi) is 23.3. The van der Waals surface area contributed by atoms with Crippen molar-refractivity contribution in [1.29, 1.82) is 0 Å². The molecule has 0 radical (unpaired) electrons. The molecule has 0 unspecified atom stereocenters. The van der Waals surface area contributed by atoms with Gasteiger partial charge in [0.1, 0.15) is 0 Å². The molecule has 0 fully saturated rings. The van der Waals surface area contributed by atoms with Gasteiger partial charge in [-0.3, -0.25) is 0 Å². The third-order valence-corrected chi connectivity index (χ3v) is 3.20. The zero-order valence-corrected chi connectivity index (χ0v) is 16.8. The molecule has 0 aliphatic rings. The molecule has 2 aromatic carbocycles. The van der Waals surface area contributed by atoms with Gasteiger partial charge in [-0.2, -0.15) is 0 Å². The van der Waals surface area contributed by atoms with Gasteiger partial charge in [-0.25, -0.2) is 0 Å². The van der Waals surface area contributed by atoms with E-state index in [1.54, 1.807) is 42.5 Å². The second kappa shape index (κ2) is 16.6. The van der Waals surface area contributed by atoms with E-state index in [0.29, 0.717) is 27.0 Å². The van der Waals surface area contributed by atoms with Crippen LogP contribution in [-0.4, -0.2) is 33.4 Å². The Morgan fingerprint density at radius 3 is 1.84 bits per heavy atom. The third kappa shape index (κ3) is 9.97. The number of hydrogen-bond donors (Lipinski definition) is 1. The summed E-state index contributed by atoms with van der Waals surface area (Å²) in [5, 5.41) is 14.7. The number of carboxylic acid groups (broad SMARTS) is 1. The van der Waals surface area contributed by atoms with Crippen molar-refractivity contribution in [2.75, 3.05) is 5.32 Å². The van der Waals surface area contributed by atoms with Crippen molar-refractivity contribution in [2.24, 2.45) is 0 Å². The number of carboxylic acids is 1. The van der Waals surface area contributed by atoms with Gasteiger partial charge in [0.15, 0.2) is 0 Å². The van der Waals surface area contributed by atoms with Crippen LogP contribution in [0.2, 0.25) is 10.0 Å². The number of nitrogens with one attached hydrogen (secondary N) is 1. The number of anilines is 2. The van der Waals surface area contributed by atoms with Crippen LogP contribution in [0.25, 0.3) is 0 Å². The first kappa shape index (κ1) is 35.2. The SMILES string of the molecule is O.O.O.O.O.O=C([O-])Cc1ccccc1Nc1c(Cl)cccc1Cl.[Na+]. The number of para-hydroxylation sites is 2. The summed E-state index contributed by atoms with van der Waals surface area (Å²) in [7, 11) is 0. The van der Waals surface area contributed by atoms with Crippen molar-refractivity contribution < 1.29 is 66.8 Å². The Morgan fingerprint density at radius 2 is 1.36 bits per heavy atom. The van der Waals surface area contributed by atoms with Crippen molar-refractivity contribution in [3.63, 3.8) is 0 Å². The standard InChI is InChI=1S/C14H11Cl2NO2.Na.5H2O/c15-10-5-3-6-11(16)14(10)17-12-7-2-1-4-9(12)8-13(18)19;;;;;;/h1-7,17H,8H2,(H,18,19);;5*1H2/q;+1;;;;;/p-1. The Hall–Kier alpha value is -0.910. The van der Waals surface area contributed by atoms with E-state index in [4.69, 9.17) is 23.2 Å². The Labute approximate surface area is 176 Å². The Morgan fingerprint density at radius 1 is 0.880 bits per heavy atom. The van der Waals surface area contributed by atoms with Crippen molar-refractivity contribution in [2.45, 2.75) is 6.42 Å². The van der Waals surface area contributed by atoms with Crippen molar-refractivity contribution in [1.82, 2.24) is 0 Å². The molecule has 0 saturated heterocycles. The zero-order valence-electron chi connectivity index (χ0n) is 13.3. The molecule has 0 bridgehead atoms. The fraction of sp³-hybridized carbons (Fsp3) is 0.0714. The molecular formula is C14H20Cl2NNaO7. The van der Waals surface area contributed by atoms with Gasteiger partial charge in [0.05, 0.1) is 15.7 Å². The number of halogens is 2. The molecule has 0 aromatic heterocycles. The maximum atomic E-state index is 10.7. The van der Waals surface area contributed by atoms with E-state index in [9.17, 15) is 9.90 Å². The first-order chi connectivity index (χ1) is 9.08. The van der Waals surface area contributed by atoms with Crippen molar-refractivity contribution in [3.05, 3.63) is 58.1 Å². The van der Waals surface area contributed by atoms with E-state index >= 15 is 0 Å². The number of carbonyl (C=O) groups is 1. The van der Waals surface area contributed by atoms with Crippen LogP contribution < -0.4 is 40.0 Å². The van der Waals surface area contributed by atoms with E-state index in [0.717, 1.165) is 0 Å². The van der Waals surface area contributed by atoms with Gasteiger partial charge in [0.2, 0.25) is 0 Å². The number of benzene rings is 2. The average Bonchev–Trinajstić information content (AvgIpc) is 2.35. The summed E-state index contributed by atoms with van der Waals surface area (Å²) >= 11 is 12.1. The molecule has 0 heterocycles. The molecule has 0 aliphatic carbocycles. The summed E-state index contributed by atoms with van der Waals surface area (Å²) in [6.07, 6.45) is -0.175. The van der Waals surface area contributed by atoms with Crippen LogP contribution in [0.1, 0.15) is 5.56 Å². The van der Waals surface area contributed by atoms with Crippen LogP contribution in [0.4, 0.5) is 11.4 Å². The molecular weight excluding hydrogens is 388 g/mol. The zero-order chi connectivity index (χ0) is 13.8. The summed E-state index contributed by atoms with van der Waals surface area (Å²) in [4.78, 5) is 10.7. The molecule has 25 heavy (non-hydrogen) atoms. The predicted octanol–water partition coefficient (Wildman–Crippen LogP) is -4.09. The second-order valence-electron chi connectivity index (χ2n) is 3.93. The van der Waals surface area contributed by atoms with Crippen LogP contribution >= 0.6 is 23.2 Å². The van der Waals surface area contributed by atoms with Gasteiger partial charge < -0.3 is 42.6 Å². The van der Waals surface area contributed by atoms with Crippen molar-refractivity contribution in [3.8, 4) is 0 Å². The fourth-order valence-electron chi connectivity index (χ4n) is 1.70. The van der Waals surface area contributed by atoms with Gasteiger partial charge in [-0.15, -0.1) is 0 Å². The fourth-order valence-corrected chi connectivity index (χ4v) is 2.20. The van der Waals surface area contributed by atoms with E-state index in [2.05, 4.69) is 5.32 Å². The van der Waals surface area contributed by atoms with Crippen LogP contribution in [-0.2, 0) is 11.2 Å².